The normalized spacial score (nSPS) is 12.5. The molecule has 1 atom stereocenters. The van der Waals surface area contributed by atoms with Crippen molar-refractivity contribution in [3.63, 3.8) is 0 Å². The molecule has 1 amide bonds. The van der Waals surface area contributed by atoms with Crippen molar-refractivity contribution in [1.82, 2.24) is 10.3 Å². The van der Waals surface area contributed by atoms with Crippen molar-refractivity contribution < 1.29 is 4.79 Å². The lowest BCUT2D eigenvalue weighted by Gasteiger charge is -2.15. The number of hydrogen-bond donors (Lipinski definition) is 2. The van der Waals surface area contributed by atoms with Gasteiger partial charge in [0.15, 0.2) is 0 Å². The van der Waals surface area contributed by atoms with Crippen LogP contribution in [0.4, 0.5) is 0 Å². The summed E-state index contributed by atoms with van der Waals surface area (Å²) < 4.78 is 0. The Bertz CT molecular complexity index is 559. The lowest BCUT2D eigenvalue weighted by Crippen LogP contribution is -2.29. The molecular weight excluding hydrogens is 248 g/mol. The van der Waals surface area contributed by atoms with Crippen LogP contribution < -0.4 is 5.32 Å². The van der Waals surface area contributed by atoms with E-state index in [1.165, 1.54) is 19.3 Å². The summed E-state index contributed by atoms with van der Waals surface area (Å²) >= 11 is 0. The third kappa shape index (κ3) is 3.41. The second-order valence-corrected chi connectivity index (χ2v) is 5.37. The number of aromatic amines is 1. The van der Waals surface area contributed by atoms with E-state index in [4.69, 9.17) is 0 Å². The number of aromatic nitrogens is 1. The van der Waals surface area contributed by atoms with Crippen LogP contribution in [0.2, 0.25) is 0 Å². The molecule has 1 aromatic heterocycles. The van der Waals surface area contributed by atoms with Crippen molar-refractivity contribution in [3.05, 3.63) is 36.0 Å². The Morgan fingerprint density at radius 1 is 1.30 bits per heavy atom. The molecule has 1 heterocycles. The minimum absolute atomic E-state index is 0.0254. The molecule has 0 aliphatic carbocycles. The zero-order chi connectivity index (χ0) is 14.4. The second kappa shape index (κ2) is 7.13. The Labute approximate surface area is 120 Å². The van der Waals surface area contributed by atoms with Gasteiger partial charge in [0.05, 0.1) is 5.56 Å². The highest BCUT2D eigenvalue weighted by atomic mass is 16.1. The molecule has 20 heavy (non-hydrogen) atoms. The van der Waals surface area contributed by atoms with Crippen molar-refractivity contribution in [1.29, 1.82) is 0 Å². The van der Waals surface area contributed by atoms with Crippen LogP contribution in [0.5, 0.6) is 0 Å². The molecule has 0 aliphatic rings. The number of carbonyl (C=O) groups is 1. The van der Waals surface area contributed by atoms with Crippen molar-refractivity contribution in [2.45, 2.75) is 39.5 Å². The molecule has 3 heteroatoms. The van der Waals surface area contributed by atoms with Crippen LogP contribution in [0.3, 0.4) is 0 Å². The predicted molar refractivity (Wildman–Crippen MR) is 83.9 cm³/mol. The number of rotatable bonds is 7. The van der Waals surface area contributed by atoms with E-state index >= 15 is 0 Å². The zero-order valence-corrected chi connectivity index (χ0v) is 12.4. The van der Waals surface area contributed by atoms with Crippen LogP contribution >= 0.6 is 0 Å². The first kappa shape index (κ1) is 14.6. The van der Waals surface area contributed by atoms with E-state index in [1.54, 1.807) is 6.20 Å². The number of nitrogens with one attached hydrogen (secondary N) is 2. The summed E-state index contributed by atoms with van der Waals surface area (Å²) in [5, 5.41) is 4.07. The highest BCUT2D eigenvalue weighted by molar-refractivity contribution is 6.06. The molecule has 0 bridgehead atoms. The average molecular weight is 272 g/mol. The van der Waals surface area contributed by atoms with E-state index in [2.05, 4.69) is 24.1 Å². The standard InChI is InChI=1S/C17H24N2O/c1-3-5-8-13(4-2)11-19-17(20)15-12-18-16-10-7-6-9-14(15)16/h6-7,9-10,12-13,18H,3-5,8,11H2,1-2H3,(H,19,20)/t13-/m1/s1. The predicted octanol–water partition coefficient (Wildman–Crippen LogP) is 4.11. The number of fused-ring (bicyclic) bond motifs is 1. The van der Waals surface area contributed by atoms with Crippen LogP contribution in [0.25, 0.3) is 10.9 Å². The van der Waals surface area contributed by atoms with Gasteiger partial charge in [-0.2, -0.15) is 0 Å². The van der Waals surface area contributed by atoms with Gasteiger partial charge in [-0.15, -0.1) is 0 Å². The molecule has 0 aliphatic heterocycles. The summed E-state index contributed by atoms with van der Waals surface area (Å²) in [7, 11) is 0. The molecule has 108 valence electrons. The van der Waals surface area contributed by atoms with Gasteiger partial charge >= 0.3 is 0 Å². The highest BCUT2D eigenvalue weighted by Gasteiger charge is 2.13. The fourth-order valence-electron chi connectivity index (χ4n) is 2.53. The fraction of sp³-hybridized carbons (Fsp3) is 0.471. The number of para-hydroxylation sites is 1. The van der Waals surface area contributed by atoms with Crippen LogP contribution in [-0.2, 0) is 0 Å². The maximum absolute atomic E-state index is 12.3. The minimum Gasteiger partial charge on any atom is -0.360 e. The molecular formula is C17H24N2O. The SMILES string of the molecule is CCCC[C@@H](CC)CNC(=O)c1c[nH]c2ccccc12. The second-order valence-electron chi connectivity index (χ2n) is 5.37. The van der Waals surface area contributed by atoms with E-state index < -0.39 is 0 Å². The van der Waals surface area contributed by atoms with Gasteiger partial charge in [-0.05, 0) is 18.4 Å². The third-order valence-electron chi connectivity index (χ3n) is 3.93. The number of amides is 1. The van der Waals surface area contributed by atoms with Crippen LogP contribution in [0, 0.1) is 5.92 Å². The van der Waals surface area contributed by atoms with E-state index in [1.807, 2.05) is 24.3 Å². The number of hydrogen-bond acceptors (Lipinski definition) is 1. The summed E-state index contributed by atoms with van der Waals surface area (Å²) in [5.41, 5.74) is 1.75. The van der Waals surface area contributed by atoms with Gasteiger partial charge in [0, 0.05) is 23.6 Å². The molecule has 0 unspecified atom stereocenters. The smallest absolute Gasteiger partial charge is 0.253 e. The molecule has 0 radical (unpaired) electrons. The Kier molecular flexibility index (Phi) is 5.22. The van der Waals surface area contributed by atoms with Crippen LogP contribution in [0.15, 0.2) is 30.5 Å². The van der Waals surface area contributed by atoms with Crippen molar-refractivity contribution in [2.75, 3.05) is 6.54 Å². The molecule has 0 fully saturated rings. The number of H-pyrrole nitrogens is 1. The fourth-order valence-corrected chi connectivity index (χ4v) is 2.53. The lowest BCUT2D eigenvalue weighted by atomic mass is 9.99. The molecule has 0 spiro atoms. The number of carbonyl (C=O) groups excluding carboxylic acids is 1. The van der Waals surface area contributed by atoms with Gasteiger partial charge in [-0.1, -0.05) is 51.3 Å². The largest absolute Gasteiger partial charge is 0.360 e. The highest BCUT2D eigenvalue weighted by Crippen LogP contribution is 2.18. The summed E-state index contributed by atoms with van der Waals surface area (Å²) in [6.45, 7) is 5.17. The summed E-state index contributed by atoms with van der Waals surface area (Å²) in [6.07, 6.45) is 6.57. The topological polar surface area (TPSA) is 44.9 Å². The lowest BCUT2D eigenvalue weighted by molar-refractivity contribution is 0.0947. The van der Waals surface area contributed by atoms with E-state index in [0.29, 0.717) is 5.92 Å². The van der Waals surface area contributed by atoms with E-state index in [-0.39, 0.29) is 5.91 Å². The average Bonchev–Trinajstić information content (AvgIpc) is 2.91. The first-order valence-electron chi connectivity index (χ1n) is 7.60. The maximum atomic E-state index is 12.3. The zero-order valence-electron chi connectivity index (χ0n) is 12.4. The Hall–Kier alpha value is -1.77. The van der Waals surface area contributed by atoms with Gasteiger partial charge in [0.1, 0.15) is 0 Å². The molecule has 0 saturated carbocycles. The Morgan fingerprint density at radius 3 is 2.85 bits per heavy atom. The van der Waals surface area contributed by atoms with Gasteiger partial charge in [-0.3, -0.25) is 4.79 Å². The molecule has 2 aromatic rings. The number of benzene rings is 1. The molecule has 2 N–H and O–H groups in total. The van der Waals surface area contributed by atoms with Crippen LogP contribution in [0.1, 0.15) is 49.9 Å². The molecule has 0 saturated heterocycles. The Balaban J connectivity index is 1.98. The first-order valence-corrected chi connectivity index (χ1v) is 7.60. The van der Waals surface area contributed by atoms with E-state index in [9.17, 15) is 4.79 Å². The van der Waals surface area contributed by atoms with Gasteiger partial charge < -0.3 is 10.3 Å². The summed E-state index contributed by atoms with van der Waals surface area (Å²) in [4.78, 5) is 15.4. The summed E-state index contributed by atoms with van der Waals surface area (Å²) in [6, 6.07) is 7.90. The number of unbranched alkanes of at least 4 members (excludes halogenated alkanes) is 1. The van der Waals surface area contributed by atoms with E-state index in [0.717, 1.165) is 29.4 Å². The van der Waals surface area contributed by atoms with Crippen molar-refractivity contribution in [2.24, 2.45) is 5.92 Å². The molecule has 2 rings (SSSR count). The maximum Gasteiger partial charge on any atom is 0.253 e. The quantitative estimate of drug-likeness (QED) is 0.782. The summed E-state index contributed by atoms with van der Waals surface area (Å²) in [5.74, 6) is 0.613. The Morgan fingerprint density at radius 2 is 2.10 bits per heavy atom. The van der Waals surface area contributed by atoms with Crippen molar-refractivity contribution >= 4 is 16.8 Å². The third-order valence-corrected chi connectivity index (χ3v) is 3.93. The van der Waals surface area contributed by atoms with Crippen molar-refractivity contribution in [3.8, 4) is 0 Å². The molecule has 1 aromatic carbocycles. The first-order chi connectivity index (χ1) is 9.76. The van der Waals surface area contributed by atoms with Crippen LogP contribution in [-0.4, -0.2) is 17.4 Å². The van der Waals surface area contributed by atoms with Gasteiger partial charge in [0.2, 0.25) is 0 Å². The minimum atomic E-state index is 0.0254. The van der Waals surface area contributed by atoms with Gasteiger partial charge in [0.25, 0.3) is 5.91 Å². The molecule has 3 nitrogen and oxygen atoms in total. The monoisotopic (exact) mass is 272 g/mol. The van der Waals surface area contributed by atoms with Gasteiger partial charge in [-0.25, -0.2) is 0 Å².